The zero-order valence-electron chi connectivity index (χ0n) is 11.1. The van der Waals surface area contributed by atoms with Gasteiger partial charge in [0, 0.05) is 13.1 Å². The fourth-order valence-corrected chi connectivity index (χ4v) is 2.38. The van der Waals surface area contributed by atoms with Crippen LogP contribution in [-0.2, 0) is 6.54 Å². The number of halogens is 1. The van der Waals surface area contributed by atoms with Gasteiger partial charge >= 0.3 is 0 Å². The van der Waals surface area contributed by atoms with Crippen LogP contribution in [0.3, 0.4) is 0 Å². The first-order valence-corrected chi connectivity index (χ1v) is 8.23. The van der Waals surface area contributed by atoms with Crippen molar-refractivity contribution in [2.24, 2.45) is 5.92 Å². The Morgan fingerprint density at radius 2 is 2.28 bits per heavy atom. The van der Waals surface area contributed by atoms with Crippen LogP contribution in [0.25, 0.3) is 0 Å². The third kappa shape index (κ3) is 4.65. The fraction of sp³-hybridized carbons (Fsp3) is 0.667. The molecule has 0 aliphatic carbocycles. The Bertz CT molecular complexity index is 434. The van der Waals surface area contributed by atoms with Crippen LogP contribution < -0.4 is 10.9 Å². The monoisotopic (exact) mass is 333 g/mol. The topological polar surface area (TPSA) is 46.9 Å². The molecule has 0 aliphatic rings. The van der Waals surface area contributed by atoms with Crippen molar-refractivity contribution in [3.8, 4) is 0 Å². The highest BCUT2D eigenvalue weighted by molar-refractivity contribution is 9.10. The highest BCUT2D eigenvalue weighted by Gasteiger charge is 2.09. The summed E-state index contributed by atoms with van der Waals surface area (Å²) in [7, 11) is 0. The van der Waals surface area contributed by atoms with Crippen molar-refractivity contribution in [1.29, 1.82) is 0 Å². The average Bonchev–Trinajstić information content (AvgIpc) is 2.32. The van der Waals surface area contributed by atoms with Gasteiger partial charge in [0.1, 0.15) is 4.47 Å². The summed E-state index contributed by atoms with van der Waals surface area (Å²) in [6.07, 6.45) is 4.88. The molecule has 0 saturated carbocycles. The van der Waals surface area contributed by atoms with E-state index in [9.17, 15) is 4.79 Å². The van der Waals surface area contributed by atoms with Crippen molar-refractivity contribution >= 4 is 33.4 Å². The molecule has 0 saturated heterocycles. The molecule has 0 aliphatic heterocycles. The van der Waals surface area contributed by atoms with Crippen molar-refractivity contribution < 1.29 is 0 Å². The quantitative estimate of drug-likeness (QED) is 0.779. The summed E-state index contributed by atoms with van der Waals surface area (Å²) in [6, 6.07) is 0. The molecule has 0 spiro atoms. The highest BCUT2D eigenvalue weighted by atomic mass is 79.9. The van der Waals surface area contributed by atoms with E-state index in [2.05, 4.69) is 46.4 Å². The molecule has 0 atom stereocenters. The maximum Gasteiger partial charge on any atom is 0.283 e. The van der Waals surface area contributed by atoms with E-state index in [4.69, 9.17) is 0 Å². The second-order valence-corrected chi connectivity index (χ2v) is 6.31. The fourth-order valence-electron chi connectivity index (χ4n) is 1.50. The van der Waals surface area contributed by atoms with Crippen LogP contribution in [0.2, 0.25) is 0 Å². The van der Waals surface area contributed by atoms with Gasteiger partial charge < -0.3 is 5.32 Å². The molecule has 18 heavy (non-hydrogen) atoms. The molecule has 6 heteroatoms. The van der Waals surface area contributed by atoms with Crippen LogP contribution in [0, 0.1) is 5.92 Å². The van der Waals surface area contributed by atoms with Gasteiger partial charge in [-0.3, -0.25) is 4.79 Å². The zero-order valence-corrected chi connectivity index (χ0v) is 13.5. The van der Waals surface area contributed by atoms with E-state index in [-0.39, 0.29) is 5.56 Å². The SMILES string of the molecule is CSCCCNc1cnn(CC(C)C)c(=O)c1Br. The van der Waals surface area contributed by atoms with Crippen molar-refractivity contribution in [1.82, 2.24) is 9.78 Å². The minimum Gasteiger partial charge on any atom is -0.383 e. The second kappa shape index (κ2) is 7.84. The van der Waals surface area contributed by atoms with E-state index in [1.807, 2.05) is 11.8 Å². The van der Waals surface area contributed by atoms with Gasteiger partial charge in [-0.05, 0) is 40.3 Å². The number of nitrogens with one attached hydrogen (secondary N) is 1. The number of rotatable bonds is 7. The molecule has 1 aromatic heterocycles. The van der Waals surface area contributed by atoms with Crippen LogP contribution >= 0.6 is 27.7 Å². The van der Waals surface area contributed by atoms with E-state index >= 15 is 0 Å². The Hall–Kier alpha value is -0.490. The molecular formula is C12H20BrN3OS. The molecule has 0 radical (unpaired) electrons. The first kappa shape index (κ1) is 15.6. The molecule has 1 N–H and O–H groups in total. The van der Waals surface area contributed by atoms with Crippen LogP contribution in [0.15, 0.2) is 15.5 Å². The van der Waals surface area contributed by atoms with Crippen molar-refractivity contribution in [2.75, 3.05) is 23.9 Å². The smallest absolute Gasteiger partial charge is 0.283 e. The Kier molecular flexibility index (Phi) is 6.78. The molecule has 0 bridgehead atoms. The molecule has 0 aromatic carbocycles. The maximum absolute atomic E-state index is 12.0. The lowest BCUT2D eigenvalue weighted by atomic mass is 10.2. The molecule has 1 rings (SSSR count). The van der Waals surface area contributed by atoms with Gasteiger partial charge in [-0.15, -0.1) is 0 Å². The summed E-state index contributed by atoms with van der Waals surface area (Å²) in [5.41, 5.74) is 0.708. The van der Waals surface area contributed by atoms with Crippen LogP contribution in [0.1, 0.15) is 20.3 Å². The summed E-state index contributed by atoms with van der Waals surface area (Å²) in [5.74, 6) is 1.52. The predicted molar refractivity (Wildman–Crippen MR) is 82.5 cm³/mol. The lowest BCUT2D eigenvalue weighted by molar-refractivity contribution is 0.462. The summed E-state index contributed by atoms with van der Waals surface area (Å²) < 4.78 is 2.07. The van der Waals surface area contributed by atoms with Crippen molar-refractivity contribution in [2.45, 2.75) is 26.8 Å². The predicted octanol–water partition coefficient (Wildman–Crippen LogP) is 2.83. The molecule has 0 fully saturated rings. The molecular weight excluding hydrogens is 314 g/mol. The number of hydrogen-bond donors (Lipinski definition) is 1. The van der Waals surface area contributed by atoms with E-state index in [0.29, 0.717) is 16.9 Å². The molecule has 0 amide bonds. The second-order valence-electron chi connectivity index (χ2n) is 4.53. The lowest BCUT2D eigenvalue weighted by Crippen LogP contribution is -2.26. The third-order valence-corrected chi connectivity index (χ3v) is 3.83. The lowest BCUT2D eigenvalue weighted by Gasteiger charge is -2.11. The Balaban J connectivity index is 2.72. The summed E-state index contributed by atoms with van der Waals surface area (Å²) in [6.45, 7) is 5.63. The Morgan fingerprint density at radius 1 is 1.56 bits per heavy atom. The molecule has 102 valence electrons. The first-order chi connectivity index (χ1) is 8.56. The number of nitrogens with zero attached hydrogens (tertiary/aromatic N) is 2. The molecule has 1 heterocycles. The minimum atomic E-state index is -0.0708. The largest absolute Gasteiger partial charge is 0.383 e. The zero-order chi connectivity index (χ0) is 13.5. The van der Waals surface area contributed by atoms with Gasteiger partial charge in [0.2, 0.25) is 0 Å². The van der Waals surface area contributed by atoms with Gasteiger partial charge in [0.25, 0.3) is 5.56 Å². The van der Waals surface area contributed by atoms with E-state index in [1.54, 1.807) is 6.20 Å². The van der Waals surface area contributed by atoms with E-state index < -0.39 is 0 Å². The van der Waals surface area contributed by atoms with Crippen LogP contribution in [0.5, 0.6) is 0 Å². The number of aromatic nitrogens is 2. The first-order valence-electron chi connectivity index (χ1n) is 6.04. The number of thioether (sulfide) groups is 1. The molecule has 1 aromatic rings. The molecule has 0 unspecified atom stereocenters. The van der Waals surface area contributed by atoms with E-state index in [1.165, 1.54) is 4.68 Å². The third-order valence-electron chi connectivity index (χ3n) is 2.36. The Labute approximate surface area is 121 Å². The van der Waals surface area contributed by atoms with Gasteiger partial charge in [0.05, 0.1) is 11.9 Å². The average molecular weight is 334 g/mol. The van der Waals surface area contributed by atoms with Gasteiger partial charge in [-0.2, -0.15) is 16.9 Å². The number of anilines is 1. The maximum atomic E-state index is 12.0. The van der Waals surface area contributed by atoms with Gasteiger partial charge in [0.15, 0.2) is 0 Å². The standard InChI is InChI=1S/C12H20BrN3OS/c1-9(2)8-16-12(17)11(13)10(7-15-16)14-5-4-6-18-3/h7,9,14H,4-6,8H2,1-3H3. The summed E-state index contributed by atoms with van der Waals surface area (Å²) in [4.78, 5) is 12.0. The van der Waals surface area contributed by atoms with E-state index in [0.717, 1.165) is 24.4 Å². The summed E-state index contributed by atoms with van der Waals surface area (Å²) in [5, 5.41) is 7.42. The van der Waals surface area contributed by atoms with Crippen molar-refractivity contribution in [3.05, 3.63) is 21.0 Å². The van der Waals surface area contributed by atoms with Crippen LogP contribution in [-0.4, -0.2) is 28.3 Å². The molecule has 4 nitrogen and oxygen atoms in total. The normalized spacial score (nSPS) is 10.9. The minimum absolute atomic E-state index is 0.0708. The van der Waals surface area contributed by atoms with Gasteiger partial charge in [-0.25, -0.2) is 4.68 Å². The number of hydrogen-bond acceptors (Lipinski definition) is 4. The highest BCUT2D eigenvalue weighted by Crippen LogP contribution is 2.16. The Morgan fingerprint density at radius 3 is 2.89 bits per heavy atom. The van der Waals surface area contributed by atoms with Gasteiger partial charge in [-0.1, -0.05) is 13.8 Å². The van der Waals surface area contributed by atoms with Crippen LogP contribution in [0.4, 0.5) is 5.69 Å². The summed E-state index contributed by atoms with van der Waals surface area (Å²) >= 11 is 5.17. The van der Waals surface area contributed by atoms with Crippen molar-refractivity contribution in [3.63, 3.8) is 0 Å².